The monoisotopic (exact) mass is 296 g/mol. The first-order valence-corrected chi connectivity index (χ1v) is 6.81. The Morgan fingerprint density at radius 3 is 2.62 bits per heavy atom. The molecule has 118 valence electrons. The molecule has 0 saturated heterocycles. The first kappa shape index (κ1) is 17.2. The van der Waals surface area contributed by atoms with E-state index in [4.69, 9.17) is 20.4 Å². The molecule has 0 aliphatic heterocycles. The lowest BCUT2D eigenvalue weighted by Gasteiger charge is -2.24. The average Bonchev–Trinajstić information content (AvgIpc) is 2.49. The molecule has 0 atom stereocenters. The van der Waals surface area contributed by atoms with Gasteiger partial charge in [-0.05, 0) is 25.5 Å². The highest BCUT2D eigenvalue weighted by Crippen LogP contribution is 2.15. The molecular weight excluding hydrogens is 272 g/mol. The minimum atomic E-state index is 0.0744. The van der Waals surface area contributed by atoms with Crippen molar-refractivity contribution in [2.75, 3.05) is 45.4 Å². The Kier molecular flexibility index (Phi) is 7.49. The number of methoxy groups -OCH3 is 2. The molecule has 1 aromatic rings. The lowest BCUT2D eigenvalue weighted by Crippen LogP contribution is -2.30. The van der Waals surface area contributed by atoms with E-state index in [0.29, 0.717) is 25.3 Å². The van der Waals surface area contributed by atoms with E-state index in [1.165, 1.54) is 0 Å². The van der Waals surface area contributed by atoms with E-state index in [1.54, 1.807) is 20.3 Å². The van der Waals surface area contributed by atoms with E-state index >= 15 is 0 Å². The summed E-state index contributed by atoms with van der Waals surface area (Å²) in [6, 6.07) is 3.59. The van der Waals surface area contributed by atoms with Gasteiger partial charge in [-0.3, -0.25) is 0 Å². The Morgan fingerprint density at radius 1 is 1.29 bits per heavy atom. The Balaban J connectivity index is 2.96. The number of hydrogen-bond acceptors (Lipinski definition) is 6. The SMILES string of the molecule is COCCCN(CCOC)c1cc(/C(N)=N/O)cc(C)n1. The van der Waals surface area contributed by atoms with E-state index in [-0.39, 0.29) is 5.84 Å². The van der Waals surface area contributed by atoms with Crippen LogP contribution in [0.3, 0.4) is 0 Å². The van der Waals surface area contributed by atoms with E-state index < -0.39 is 0 Å². The number of amidine groups is 1. The second-order valence-corrected chi connectivity index (χ2v) is 4.67. The van der Waals surface area contributed by atoms with Gasteiger partial charge < -0.3 is 25.3 Å². The molecule has 0 unspecified atom stereocenters. The van der Waals surface area contributed by atoms with Crippen molar-refractivity contribution in [2.45, 2.75) is 13.3 Å². The van der Waals surface area contributed by atoms with Crippen molar-refractivity contribution in [3.05, 3.63) is 23.4 Å². The van der Waals surface area contributed by atoms with E-state index in [2.05, 4.69) is 15.0 Å². The molecular formula is C14H24N4O3. The number of ether oxygens (including phenoxy) is 2. The third kappa shape index (κ3) is 5.57. The minimum absolute atomic E-state index is 0.0744. The molecule has 0 amide bonds. The van der Waals surface area contributed by atoms with Crippen molar-refractivity contribution in [1.29, 1.82) is 0 Å². The maximum absolute atomic E-state index is 8.82. The van der Waals surface area contributed by atoms with Crippen molar-refractivity contribution in [3.63, 3.8) is 0 Å². The molecule has 7 nitrogen and oxygen atoms in total. The molecule has 1 heterocycles. The van der Waals surface area contributed by atoms with Gasteiger partial charge in [-0.2, -0.15) is 0 Å². The lowest BCUT2D eigenvalue weighted by molar-refractivity contribution is 0.191. The normalized spacial score (nSPS) is 11.7. The predicted octanol–water partition coefficient (Wildman–Crippen LogP) is 0.974. The maximum atomic E-state index is 8.82. The highest BCUT2D eigenvalue weighted by Gasteiger charge is 2.11. The summed E-state index contributed by atoms with van der Waals surface area (Å²) >= 11 is 0. The molecule has 21 heavy (non-hydrogen) atoms. The summed E-state index contributed by atoms with van der Waals surface area (Å²) in [5.41, 5.74) is 7.12. The average molecular weight is 296 g/mol. The summed E-state index contributed by atoms with van der Waals surface area (Å²) in [6.45, 7) is 4.67. The molecule has 7 heteroatoms. The molecule has 0 aliphatic rings. The predicted molar refractivity (Wildman–Crippen MR) is 82.1 cm³/mol. The number of aromatic nitrogens is 1. The Morgan fingerprint density at radius 2 is 2.00 bits per heavy atom. The lowest BCUT2D eigenvalue weighted by atomic mass is 10.2. The molecule has 1 rings (SSSR count). The van der Waals surface area contributed by atoms with Crippen LogP contribution in [0.2, 0.25) is 0 Å². The Bertz CT molecular complexity index is 466. The molecule has 3 N–H and O–H groups in total. The Labute approximate surface area is 125 Å². The van der Waals surface area contributed by atoms with Crippen molar-refractivity contribution >= 4 is 11.7 Å². The van der Waals surface area contributed by atoms with Gasteiger partial charge in [0.1, 0.15) is 5.82 Å². The number of hydrogen-bond donors (Lipinski definition) is 2. The van der Waals surface area contributed by atoms with Crippen LogP contribution in [0.25, 0.3) is 0 Å². The van der Waals surface area contributed by atoms with Gasteiger partial charge in [0.25, 0.3) is 0 Å². The second kappa shape index (κ2) is 9.15. The van der Waals surface area contributed by atoms with Crippen molar-refractivity contribution in [1.82, 2.24) is 4.98 Å². The fourth-order valence-electron chi connectivity index (χ4n) is 1.96. The standard InChI is InChI=1S/C14H24N4O3/c1-11-9-12(14(15)17-19)10-13(16-11)18(6-8-21-3)5-4-7-20-2/h9-10,19H,4-8H2,1-3H3,(H2,15,17). The van der Waals surface area contributed by atoms with Gasteiger partial charge in [-0.15, -0.1) is 0 Å². The van der Waals surface area contributed by atoms with Gasteiger partial charge in [0.2, 0.25) is 0 Å². The summed E-state index contributed by atoms with van der Waals surface area (Å²) in [5.74, 6) is 0.857. The third-order valence-electron chi connectivity index (χ3n) is 3.01. The van der Waals surface area contributed by atoms with Crippen LogP contribution in [0.4, 0.5) is 5.82 Å². The van der Waals surface area contributed by atoms with Gasteiger partial charge in [0.15, 0.2) is 5.84 Å². The van der Waals surface area contributed by atoms with Crippen LogP contribution < -0.4 is 10.6 Å². The van der Waals surface area contributed by atoms with Crippen molar-refractivity contribution < 1.29 is 14.7 Å². The number of aryl methyl sites for hydroxylation is 1. The first-order chi connectivity index (χ1) is 10.1. The molecule has 0 spiro atoms. The summed E-state index contributed by atoms with van der Waals surface area (Å²) < 4.78 is 10.2. The van der Waals surface area contributed by atoms with Crippen LogP contribution in [0.15, 0.2) is 17.3 Å². The zero-order valence-corrected chi connectivity index (χ0v) is 12.9. The smallest absolute Gasteiger partial charge is 0.170 e. The highest BCUT2D eigenvalue weighted by molar-refractivity contribution is 5.97. The summed E-state index contributed by atoms with van der Waals surface area (Å²) in [4.78, 5) is 6.62. The summed E-state index contributed by atoms with van der Waals surface area (Å²) in [5, 5.41) is 11.9. The van der Waals surface area contributed by atoms with Crippen molar-refractivity contribution in [2.24, 2.45) is 10.9 Å². The molecule has 0 saturated carbocycles. The van der Waals surface area contributed by atoms with Gasteiger partial charge in [-0.25, -0.2) is 4.98 Å². The quantitative estimate of drug-likeness (QED) is 0.232. The zero-order chi connectivity index (χ0) is 15.7. The minimum Gasteiger partial charge on any atom is -0.409 e. The van der Waals surface area contributed by atoms with E-state index in [0.717, 1.165) is 24.5 Å². The molecule has 1 aromatic heterocycles. The number of anilines is 1. The molecule has 0 bridgehead atoms. The number of nitrogens with two attached hydrogens (primary N) is 1. The van der Waals surface area contributed by atoms with Gasteiger partial charge in [0, 0.05) is 45.2 Å². The van der Waals surface area contributed by atoms with E-state index in [1.807, 2.05) is 13.0 Å². The van der Waals surface area contributed by atoms with Crippen LogP contribution in [0.1, 0.15) is 17.7 Å². The summed E-state index contributed by atoms with van der Waals surface area (Å²) in [7, 11) is 3.35. The van der Waals surface area contributed by atoms with Crippen LogP contribution in [0, 0.1) is 6.92 Å². The highest BCUT2D eigenvalue weighted by atomic mass is 16.5. The fourth-order valence-corrected chi connectivity index (χ4v) is 1.96. The van der Waals surface area contributed by atoms with Crippen LogP contribution in [-0.2, 0) is 9.47 Å². The van der Waals surface area contributed by atoms with Crippen LogP contribution in [-0.4, -0.2) is 56.5 Å². The van der Waals surface area contributed by atoms with E-state index in [9.17, 15) is 0 Å². The number of nitrogens with zero attached hydrogens (tertiary/aromatic N) is 3. The Hall–Kier alpha value is -1.86. The van der Waals surface area contributed by atoms with Gasteiger partial charge >= 0.3 is 0 Å². The van der Waals surface area contributed by atoms with Crippen LogP contribution in [0.5, 0.6) is 0 Å². The zero-order valence-electron chi connectivity index (χ0n) is 12.9. The maximum Gasteiger partial charge on any atom is 0.170 e. The van der Waals surface area contributed by atoms with Crippen molar-refractivity contribution in [3.8, 4) is 0 Å². The number of pyridine rings is 1. The topological polar surface area (TPSA) is 93.2 Å². The first-order valence-electron chi connectivity index (χ1n) is 6.81. The molecule has 0 aromatic carbocycles. The second-order valence-electron chi connectivity index (χ2n) is 4.67. The largest absolute Gasteiger partial charge is 0.409 e. The fraction of sp³-hybridized carbons (Fsp3) is 0.571. The molecule has 0 fully saturated rings. The van der Waals surface area contributed by atoms with Crippen LogP contribution >= 0.6 is 0 Å². The number of rotatable bonds is 9. The molecule has 0 aliphatic carbocycles. The van der Waals surface area contributed by atoms with Gasteiger partial charge in [0.05, 0.1) is 6.61 Å². The molecule has 0 radical (unpaired) electrons. The van der Waals surface area contributed by atoms with Gasteiger partial charge in [-0.1, -0.05) is 5.16 Å². The third-order valence-corrected chi connectivity index (χ3v) is 3.01. The summed E-state index contributed by atoms with van der Waals surface area (Å²) in [6.07, 6.45) is 0.884. The number of oxime groups is 1.